The lowest BCUT2D eigenvalue weighted by Gasteiger charge is -2.29. The van der Waals surface area contributed by atoms with Gasteiger partial charge in [-0.15, -0.1) is 0 Å². The molecule has 2 rings (SSSR count). The first-order chi connectivity index (χ1) is 12.8. The molecule has 0 saturated carbocycles. The average molecular weight is 386 g/mol. The van der Waals surface area contributed by atoms with E-state index in [-0.39, 0.29) is 17.9 Å². The third kappa shape index (κ3) is 5.88. The molecular formula is C22H27NO3S. The second-order valence-corrected chi connectivity index (χ2v) is 8.81. The summed E-state index contributed by atoms with van der Waals surface area (Å²) in [4.78, 5) is 11.6. The van der Waals surface area contributed by atoms with Gasteiger partial charge in [0.1, 0.15) is 6.29 Å². The Bertz CT molecular complexity index is 868. The summed E-state index contributed by atoms with van der Waals surface area (Å²) < 4.78 is 28.1. The molecule has 0 fully saturated rings. The van der Waals surface area contributed by atoms with E-state index in [1.54, 1.807) is 24.3 Å². The maximum absolute atomic E-state index is 13.3. The highest BCUT2D eigenvalue weighted by Gasteiger charge is 2.30. The molecule has 4 nitrogen and oxygen atoms in total. The van der Waals surface area contributed by atoms with Crippen molar-refractivity contribution >= 4 is 16.3 Å². The minimum atomic E-state index is -3.73. The van der Waals surface area contributed by atoms with Crippen LogP contribution in [0.2, 0.25) is 0 Å². The van der Waals surface area contributed by atoms with Crippen LogP contribution in [0.5, 0.6) is 0 Å². The van der Waals surface area contributed by atoms with Gasteiger partial charge < -0.3 is 4.79 Å². The highest BCUT2D eigenvalue weighted by Crippen LogP contribution is 2.22. The maximum Gasteiger partial charge on any atom is 0.243 e. The van der Waals surface area contributed by atoms with E-state index in [4.69, 9.17) is 0 Å². The molecule has 0 aromatic heterocycles. The predicted molar refractivity (Wildman–Crippen MR) is 109 cm³/mol. The van der Waals surface area contributed by atoms with E-state index in [1.807, 2.05) is 57.2 Å². The molecule has 0 aliphatic carbocycles. The van der Waals surface area contributed by atoms with Crippen molar-refractivity contribution in [2.24, 2.45) is 0 Å². The van der Waals surface area contributed by atoms with Gasteiger partial charge in [0.05, 0.1) is 4.90 Å². The third-order valence-electron chi connectivity index (χ3n) is 4.40. The minimum Gasteiger partial charge on any atom is -0.303 e. The number of aryl methyl sites for hydroxylation is 1. The lowest BCUT2D eigenvalue weighted by Crippen LogP contribution is -2.42. The second-order valence-electron chi connectivity index (χ2n) is 6.92. The van der Waals surface area contributed by atoms with E-state index < -0.39 is 16.1 Å². The van der Waals surface area contributed by atoms with Crippen LogP contribution in [0.3, 0.4) is 0 Å². The van der Waals surface area contributed by atoms with E-state index in [2.05, 4.69) is 0 Å². The van der Waals surface area contributed by atoms with E-state index in [1.165, 1.54) is 4.31 Å². The first-order valence-corrected chi connectivity index (χ1v) is 10.5. The molecule has 0 saturated heterocycles. The molecular weight excluding hydrogens is 358 g/mol. The molecule has 0 amide bonds. The number of sulfonamides is 1. The molecule has 144 valence electrons. The van der Waals surface area contributed by atoms with Crippen molar-refractivity contribution in [2.45, 2.75) is 44.6 Å². The Morgan fingerprint density at radius 3 is 2.22 bits per heavy atom. The Balaban J connectivity index is 2.44. The number of hydrogen-bond donors (Lipinski definition) is 0. The van der Waals surface area contributed by atoms with E-state index in [0.717, 1.165) is 23.0 Å². The summed E-state index contributed by atoms with van der Waals surface area (Å²) in [5, 5.41) is 0. The lowest BCUT2D eigenvalue weighted by molar-refractivity contribution is -0.108. The molecule has 0 spiro atoms. The largest absolute Gasteiger partial charge is 0.303 e. The number of nitrogens with zero attached hydrogens (tertiary/aromatic N) is 1. The van der Waals surface area contributed by atoms with Gasteiger partial charge in [-0.05, 0) is 44.9 Å². The first-order valence-electron chi connectivity index (χ1n) is 9.04. The smallest absolute Gasteiger partial charge is 0.243 e. The van der Waals surface area contributed by atoms with Crippen molar-refractivity contribution in [3.8, 4) is 0 Å². The summed E-state index contributed by atoms with van der Waals surface area (Å²) in [6.07, 6.45) is 3.32. The third-order valence-corrected chi connectivity index (χ3v) is 6.33. The average Bonchev–Trinajstić information content (AvgIpc) is 2.63. The molecule has 5 heteroatoms. The van der Waals surface area contributed by atoms with Gasteiger partial charge in [-0.1, -0.05) is 59.7 Å². The van der Waals surface area contributed by atoms with Crippen LogP contribution in [0, 0.1) is 6.92 Å². The topological polar surface area (TPSA) is 54.5 Å². The number of allylic oxidation sites excluding steroid dienone is 1. The highest BCUT2D eigenvalue weighted by molar-refractivity contribution is 7.89. The number of carbonyl (C=O) groups is 1. The van der Waals surface area contributed by atoms with Crippen molar-refractivity contribution in [1.29, 1.82) is 0 Å². The first kappa shape index (κ1) is 21.1. The summed E-state index contributed by atoms with van der Waals surface area (Å²) in [7, 11) is -3.73. The number of hydrogen-bond acceptors (Lipinski definition) is 3. The molecule has 0 heterocycles. The molecule has 27 heavy (non-hydrogen) atoms. The molecule has 0 unspecified atom stereocenters. The fraction of sp³-hybridized carbons (Fsp3) is 0.318. The zero-order valence-electron chi connectivity index (χ0n) is 16.1. The standard InChI is InChI=1S/C22H27NO3S/c1-18(2)13-15-23(27(25,26)22-11-9-19(3)10-12-22)21(14-16-24)17-20-7-5-4-6-8-20/h4-13,16,21H,14-15,17H2,1-3H3/t21-/m1/s1. The molecule has 0 aliphatic rings. The van der Waals surface area contributed by atoms with Gasteiger partial charge in [0.25, 0.3) is 0 Å². The summed E-state index contributed by atoms with van der Waals surface area (Å²) in [6.45, 7) is 6.02. The van der Waals surface area contributed by atoms with Crippen LogP contribution in [-0.2, 0) is 21.2 Å². The van der Waals surface area contributed by atoms with E-state index in [9.17, 15) is 13.2 Å². The number of carbonyl (C=O) groups excluding carboxylic acids is 1. The minimum absolute atomic E-state index is 0.149. The summed E-state index contributed by atoms with van der Waals surface area (Å²) in [5.41, 5.74) is 3.04. The normalized spacial score (nSPS) is 12.6. The molecule has 0 bridgehead atoms. The second kappa shape index (κ2) is 9.62. The summed E-state index contributed by atoms with van der Waals surface area (Å²) in [6, 6.07) is 16.1. The van der Waals surface area contributed by atoms with Crippen LogP contribution in [-0.4, -0.2) is 31.6 Å². The van der Waals surface area contributed by atoms with Crippen molar-refractivity contribution < 1.29 is 13.2 Å². The molecule has 0 N–H and O–H groups in total. The molecule has 0 radical (unpaired) electrons. The summed E-state index contributed by atoms with van der Waals surface area (Å²) >= 11 is 0. The van der Waals surface area contributed by atoms with Gasteiger partial charge in [-0.2, -0.15) is 4.31 Å². The Morgan fingerprint density at radius 1 is 1.04 bits per heavy atom. The fourth-order valence-electron chi connectivity index (χ4n) is 2.86. The van der Waals surface area contributed by atoms with Crippen molar-refractivity contribution in [2.75, 3.05) is 6.54 Å². The lowest BCUT2D eigenvalue weighted by atomic mass is 10.0. The Kier molecular flexibility index (Phi) is 7.51. The number of aldehydes is 1. The van der Waals surface area contributed by atoms with Crippen molar-refractivity contribution in [3.05, 3.63) is 77.4 Å². The van der Waals surface area contributed by atoms with E-state index >= 15 is 0 Å². The maximum atomic E-state index is 13.3. The Hall–Kier alpha value is -2.24. The molecule has 0 aliphatic heterocycles. The van der Waals surface area contributed by atoms with Crippen LogP contribution in [0.25, 0.3) is 0 Å². The molecule has 1 atom stereocenters. The predicted octanol–water partition coefficient (Wildman–Crippen LogP) is 4.15. The molecule has 2 aromatic rings. The van der Waals surface area contributed by atoms with Gasteiger partial charge in [-0.3, -0.25) is 0 Å². The monoisotopic (exact) mass is 385 g/mol. The van der Waals surface area contributed by atoms with Crippen LogP contribution < -0.4 is 0 Å². The zero-order valence-corrected chi connectivity index (χ0v) is 16.9. The molecule has 2 aromatic carbocycles. The van der Waals surface area contributed by atoms with Crippen molar-refractivity contribution in [3.63, 3.8) is 0 Å². The number of benzene rings is 2. The number of rotatable bonds is 9. The summed E-state index contributed by atoms with van der Waals surface area (Å²) in [5.74, 6) is 0. The Labute approximate surface area is 162 Å². The highest BCUT2D eigenvalue weighted by atomic mass is 32.2. The van der Waals surface area contributed by atoms with Gasteiger partial charge >= 0.3 is 0 Å². The van der Waals surface area contributed by atoms with Gasteiger partial charge in [0.15, 0.2) is 0 Å². The fourth-order valence-corrected chi connectivity index (χ4v) is 4.44. The van der Waals surface area contributed by atoms with Crippen LogP contribution >= 0.6 is 0 Å². The van der Waals surface area contributed by atoms with Gasteiger partial charge in [-0.25, -0.2) is 8.42 Å². The van der Waals surface area contributed by atoms with Crippen LogP contribution in [0.1, 0.15) is 31.4 Å². The Morgan fingerprint density at radius 2 is 1.67 bits per heavy atom. The van der Waals surface area contributed by atoms with Gasteiger partial charge in [0.2, 0.25) is 10.0 Å². The van der Waals surface area contributed by atoms with Gasteiger partial charge in [0, 0.05) is 19.0 Å². The quantitative estimate of drug-likeness (QED) is 0.481. The zero-order chi connectivity index (χ0) is 19.9. The SMILES string of the molecule is CC(C)=CCN([C@H](CC=O)Cc1ccccc1)S(=O)(=O)c1ccc(C)cc1. The van der Waals surface area contributed by atoms with E-state index in [0.29, 0.717) is 6.42 Å². The van der Waals surface area contributed by atoms with Crippen LogP contribution in [0.4, 0.5) is 0 Å². The van der Waals surface area contributed by atoms with Crippen molar-refractivity contribution in [1.82, 2.24) is 4.31 Å². The van der Waals surface area contributed by atoms with Crippen LogP contribution in [0.15, 0.2) is 71.1 Å².